The van der Waals surface area contributed by atoms with E-state index in [1.165, 1.54) is 11.1 Å². The smallest absolute Gasteiger partial charge is 0.132 e. The van der Waals surface area contributed by atoms with Crippen LogP contribution < -0.4 is 14.2 Å². The lowest BCUT2D eigenvalue weighted by molar-refractivity contribution is 0.121. The van der Waals surface area contributed by atoms with E-state index in [2.05, 4.69) is 99.8 Å². The second-order valence-electron chi connectivity index (χ2n) is 12.0. The molecule has 0 amide bonds. The molecule has 46 heavy (non-hydrogen) atoms. The first-order valence-corrected chi connectivity index (χ1v) is 16.1. The summed E-state index contributed by atoms with van der Waals surface area (Å²) in [6.45, 7) is 14.9. The van der Waals surface area contributed by atoms with E-state index in [4.69, 9.17) is 23.7 Å². The lowest BCUT2D eigenvalue weighted by Crippen LogP contribution is -2.13. The number of benzene rings is 5. The number of fused-ring (bicyclic) bond motifs is 6. The summed E-state index contributed by atoms with van der Waals surface area (Å²) in [6.07, 6.45) is 4.54. The Balaban J connectivity index is 1.41. The molecule has 6 rings (SSSR count). The monoisotopic (exact) mass is 614 g/mol. The standard InChI is InChI=1S/C41H42O5/c1-5-19-42-21-23-44-33-13-15-35-31(26-33)11-17-37-40(35)39(30-9-7-29(8-10-30)25-28(3)4)41-36-16-14-34(45-24-22-43-20-6-2)27-32(36)12-18-38(41)46-37/h5-18,26-28,39H,1-2,19-25H2,3-4H3. The van der Waals surface area contributed by atoms with E-state index in [0.717, 1.165) is 62.1 Å². The second-order valence-corrected chi connectivity index (χ2v) is 12.0. The zero-order chi connectivity index (χ0) is 31.9. The summed E-state index contributed by atoms with van der Waals surface area (Å²) in [5.74, 6) is 3.95. The molecule has 236 valence electrons. The Morgan fingerprint density at radius 3 is 1.65 bits per heavy atom. The Hall–Kier alpha value is -4.58. The normalized spacial score (nSPS) is 12.5. The highest BCUT2D eigenvalue weighted by atomic mass is 16.5. The summed E-state index contributed by atoms with van der Waals surface area (Å²) in [4.78, 5) is 0. The molecular formula is C41H42O5. The van der Waals surface area contributed by atoms with Crippen LogP contribution in [0.25, 0.3) is 21.5 Å². The quantitative estimate of drug-likeness (QED) is 0.0851. The Kier molecular flexibility index (Phi) is 10.0. The van der Waals surface area contributed by atoms with Crippen molar-refractivity contribution in [3.8, 4) is 23.0 Å². The molecule has 0 aliphatic carbocycles. The average Bonchev–Trinajstić information content (AvgIpc) is 3.07. The topological polar surface area (TPSA) is 46.2 Å². The molecule has 0 atom stereocenters. The summed E-state index contributed by atoms with van der Waals surface area (Å²) < 4.78 is 29.7. The Morgan fingerprint density at radius 2 is 1.17 bits per heavy atom. The summed E-state index contributed by atoms with van der Waals surface area (Å²) in [7, 11) is 0. The van der Waals surface area contributed by atoms with E-state index < -0.39 is 0 Å². The third-order valence-corrected chi connectivity index (χ3v) is 8.20. The third-order valence-electron chi connectivity index (χ3n) is 8.20. The van der Waals surface area contributed by atoms with Crippen LogP contribution in [-0.2, 0) is 15.9 Å². The number of hydrogen-bond acceptors (Lipinski definition) is 5. The van der Waals surface area contributed by atoms with Gasteiger partial charge in [0.2, 0.25) is 0 Å². The van der Waals surface area contributed by atoms with Crippen molar-refractivity contribution in [2.24, 2.45) is 5.92 Å². The molecule has 5 aromatic rings. The molecule has 5 aromatic carbocycles. The van der Waals surface area contributed by atoms with Crippen molar-refractivity contribution in [1.82, 2.24) is 0 Å². The van der Waals surface area contributed by atoms with Crippen LogP contribution in [0.5, 0.6) is 23.0 Å². The van der Waals surface area contributed by atoms with Crippen molar-refractivity contribution in [2.45, 2.75) is 26.2 Å². The highest BCUT2D eigenvalue weighted by molar-refractivity contribution is 5.96. The first-order valence-electron chi connectivity index (χ1n) is 16.1. The van der Waals surface area contributed by atoms with Gasteiger partial charge in [-0.15, -0.1) is 13.2 Å². The van der Waals surface area contributed by atoms with Crippen LogP contribution in [0, 0.1) is 5.92 Å². The highest BCUT2D eigenvalue weighted by Crippen LogP contribution is 2.52. The zero-order valence-electron chi connectivity index (χ0n) is 26.8. The molecule has 0 fully saturated rings. The maximum atomic E-state index is 6.68. The van der Waals surface area contributed by atoms with E-state index in [0.29, 0.717) is 45.6 Å². The van der Waals surface area contributed by atoms with Gasteiger partial charge in [-0.2, -0.15) is 0 Å². The van der Waals surface area contributed by atoms with Crippen LogP contribution in [0.15, 0.2) is 110 Å². The predicted molar refractivity (Wildman–Crippen MR) is 187 cm³/mol. The molecule has 0 N–H and O–H groups in total. The van der Waals surface area contributed by atoms with Crippen molar-refractivity contribution < 1.29 is 23.7 Å². The van der Waals surface area contributed by atoms with Crippen molar-refractivity contribution in [3.05, 3.63) is 132 Å². The van der Waals surface area contributed by atoms with E-state index in [-0.39, 0.29) is 5.92 Å². The molecule has 5 heteroatoms. The lowest BCUT2D eigenvalue weighted by atomic mass is 9.78. The first kappa shape index (κ1) is 31.4. The van der Waals surface area contributed by atoms with Gasteiger partial charge < -0.3 is 23.7 Å². The van der Waals surface area contributed by atoms with Gasteiger partial charge in [-0.3, -0.25) is 0 Å². The number of ether oxygens (including phenoxy) is 5. The van der Waals surface area contributed by atoms with E-state index in [1.807, 2.05) is 12.1 Å². The Morgan fingerprint density at radius 1 is 0.652 bits per heavy atom. The van der Waals surface area contributed by atoms with Crippen LogP contribution in [0.1, 0.15) is 42.0 Å². The van der Waals surface area contributed by atoms with Crippen LogP contribution in [0.3, 0.4) is 0 Å². The molecule has 0 saturated heterocycles. The van der Waals surface area contributed by atoms with Gasteiger partial charge in [0.25, 0.3) is 0 Å². The molecule has 5 nitrogen and oxygen atoms in total. The highest BCUT2D eigenvalue weighted by Gasteiger charge is 2.32. The molecule has 1 heterocycles. The maximum Gasteiger partial charge on any atom is 0.132 e. The van der Waals surface area contributed by atoms with Crippen molar-refractivity contribution in [3.63, 3.8) is 0 Å². The van der Waals surface area contributed by atoms with Gasteiger partial charge >= 0.3 is 0 Å². The first-order chi connectivity index (χ1) is 22.6. The van der Waals surface area contributed by atoms with Gasteiger partial charge in [-0.05, 0) is 81.4 Å². The van der Waals surface area contributed by atoms with Crippen LogP contribution in [0.2, 0.25) is 0 Å². The van der Waals surface area contributed by atoms with Crippen LogP contribution in [0.4, 0.5) is 0 Å². The Bertz CT molecular complexity index is 1710. The van der Waals surface area contributed by atoms with Gasteiger partial charge in [0.15, 0.2) is 0 Å². The lowest BCUT2D eigenvalue weighted by Gasteiger charge is -2.31. The van der Waals surface area contributed by atoms with Gasteiger partial charge in [0.1, 0.15) is 36.2 Å². The fourth-order valence-electron chi connectivity index (χ4n) is 6.26. The van der Waals surface area contributed by atoms with Gasteiger partial charge in [-0.1, -0.05) is 74.5 Å². The average molecular weight is 615 g/mol. The van der Waals surface area contributed by atoms with E-state index >= 15 is 0 Å². The van der Waals surface area contributed by atoms with Crippen molar-refractivity contribution in [2.75, 3.05) is 39.6 Å². The van der Waals surface area contributed by atoms with Crippen molar-refractivity contribution >= 4 is 21.5 Å². The summed E-state index contributed by atoms with van der Waals surface area (Å²) in [6, 6.07) is 30.2. The largest absolute Gasteiger partial charge is 0.491 e. The van der Waals surface area contributed by atoms with Crippen molar-refractivity contribution in [1.29, 1.82) is 0 Å². The molecule has 0 bridgehead atoms. The minimum Gasteiger partial charge on any atom is -0.491 e. The molecule has 0 spiro atoms. The summed E-state index contributed by atoms with van der Waals surface area (Å²) in [5, 5.41) is 4.50. The summed E-state index contributed by atoms with van der Waals surface area (Å²) in [5.41, 5.74) is 4.90. The molecule has 0 radical (unpaired) electrons. The molecule has 0 unspecified atom stereocenters. The van der Waals surface area contributed by atoms with Crippen LogP contribution in [-0.4, -0.2) is 39.6 Å². The van der Waals surface area contributed by atoms with Crippen LogP contribution >= 0.6 is 0 Å². The third kappa shape index (κ3) is 6.96. The molecule has 0 aromatic heterocycles. The van der Waals surface area contributed by atoms with Gasteiger partial charge in [0, 0.05) is 17.0 Å². The molecule has 1 aliphatic rings. The second kappa shape index (κ2) is 14.7. The molecule has 1 aliphatic heterocycles. The number of rotatable bonds is 15. The predicted octanol–water partition coefficient (Wildman–Crippen LogP) is 9.64. The summed E-state index contributed by atoms with van der Waals surface area (Å²) >= 11 is 0. The SMILES string of the molecule is C=CCOCCOc1ccc2c3c(ccc2c1)Oc1ccc2cc(OCCOCC=C)ccc2c1C3c1ccc(CC(C)C)cc1. The van der Waals surface area contributed by atoms with Gasteiger partial charge in [-0.25, -0.2) is 0 Å². The Labute approximate surface area is 272 Å². The van der Waals surface area contributed by atoms with E-state index in [1.54, 1.807) is 12.2 Å². The minimum atomic E-state index is -0.0302. The maximum absolute atomic E-state index is 6.68. The van der Waals surface area contributed by atoms with Gasteiger partial charge in [0.05, 0.1) is 26.4 Å². The minimum absolute atomic E-state index is 0.0302. The van der Waals surface area contributed by atoms with E-state index in [9.17, 15) is 0 Å². The molecule has 0 saturated carbocycles. The fourth-order valence-corrected chi connectivity index (χ4v) is 6.26. The fraction of sp³-hybridized carbons (Fsp3) is 0.268. The molecular weight excluding hydrogens is 572 g/mol. The zero-order valence-corrected chi connectivity index (χ0v) is 26.8. The number of hydrogen-bond donors (Lipinski definition) is 0.